The molecule has 1 aromatic heterocycles. The highest BCUT2D eigenvalue weighted by atomic mass is 35.5. The first-order valence-electron chi connectivity index (χ1n) is 3.65. The minimum absolute atomic E-state index is 0.410. The minimum atomic E-state index is -0.424. The van der Waals surface area contributed by atoms with Gasteiger partial charge in [0.2, 0.25) is 0 Å². The number of halogens is 1. The predicted octanol–water partition coefficient (Wildman–Crippen LogP) is 2.03. The lowest BCUT2D eigenvalue weighted by atomic mass is 10.2. The van der Waals surface area contributed by atoms with Gasteiger partial charge in [0.05, 0.1) is 10.4 Å². The zero-order valence-electron chi connectivity index (χ0n) is 6.58. The quantitative estimate of drug-likeness (QED) is 0.655. The molecule has 0 fully saturated rings. The van der Waals surface area contributed by atoms with Crippen LogP contribution in [-0.4, -0.2) is 0 Å². The summed E-state index contributed by atoms with van der Waals surface area (Å²) in [6.07, 6.45) is 1.22. The predicted molar refractivity (Wildman–Crippen MR) is 51.9 cm³/mol. The molecule has 1 aromatic carbocycles. The molecule has 0 radical (unpaired) electrons. The molecule has 66 valence electrons. The second-order valence-corrected chi connectivity index (χ2v) is 3.08. The zero-order valence-corrected chi connectivity index (χ0v) is 7.34. The largest absolute Gasteiger partial charge is 0.429 e. The van der Waals surface area contributed by atoms with E-state index in [4.69, 9.17) is 17.3 Å². The number of hydrogen-bond donors (Lipinski definition) is 1. The maximum atomic E-state index is 11.2. The van der Waals surface area contributed by atoms with Gasteiger partial charge in [-0.1, -0.05) is 17.7 Å². The highest BCUT2D eigenvalue weighted by Crippen LogP contribution is 2.21. The van der Waals surface area contributed by atoms with Crippen molar-refractivity contribution >= 4 is 28.1 Å². The molecule has 0 bridgehead atoms. The van der Waals surface area contributed by atoms with Crippen LogP contribution < -0.4 is 11.4 Å². The van der Waals surface area contributed by atoms with Crippen molar-refractivity contribution in [3.05, 3.63) is 39.9 Å². The van der Waals surface area contributed by atoms with Gasteiger partial charge in [-0.05, 0) is 12.1 Å². The molecule has 13 heavy (non-hydrogen) atoms. The number of hydrogen-bond acceptors (Lipinski definition) is 3. The summed E-state index contributed by atoms with van der Waals surface area (Å²) in [6.45, 7) is 0. The van der Waals surface area contributed by atoms with Crippen LogP contribution in [0.25, 0.3) is 10.8 Å². The van der Waals surface area contributed by atoms with Gasteiger partial charge >= 0.3 is 5.63 Å². The standard InChI is InChI=1S/C9H6ClNO2/c10-8-4-13-9(12)7-3-5(11)1-2-6(7)8/h1-4H,11H2. The van der Waals surface area contributed by atoms with Gasteiger partial charge in [0, 0.05) is 11.1 Å². The van der Waals surface area contributed by atoms with Gasteiger partial charge in [0.15, 0.2) is 0 Å². The number of nitrogens with two attached hydrogens (primary N) is 1. The molecule has 0 aliphatic carbocycles. The molecular weight excluding hydrogens is 190 g/mol. The van der Waals surface area contributed by atoms with Gasteiger partial charge in [0.1, 0.15) is 6.26 Å². The third kappa shape index (κ3) is 1.27. The Morgan fingerprint density at radius 2 is 2.08 bits per heavy atom. The highest BCUT2D eigenvalue weighted by Gasteiger charge is 2.03. The number of anilines is 1. The summed E-state index contributed by atoms with van der Waals surface area (Å²) in [5.74, 6) is 0. The highest BCUT2D eigenvalue weighted by molar-refractivity contribution is 6.35. The van der Waals surface area contributed by atoms with Crippen LogP contribution in [0.2, 0.25) is 5.02 Å². The van der Waals surface area contributed by atoms with Gasteiger partial charge in [-0.3, -0.25) is 0 Å². The van der Waals surface area contributed by atoms with E-state index in [1.54, 1.807) is 18.2 Å². The number of fused-ring (bicyclic) bond motifs is 1. The topological polar surface area (TPSA) is 56.2 Å². The lowest BCUT2D eigenvalue weighted by Gasteiger charge is -1.98. The van der Waals surface area contributed by atoms with Crippen molar-refractivity contribution in [1.29, 1.82) is 0 Å². The first-order valence-corrected chi connectivity index (χ1v) is 4.03. The molecule has 0 saturated carbocycles. The van der Waals surface area contributed by atoms with E-state index < -0.39 is 5.63 Å². The molecular formula is C9H6ClNO2. The number of benzene rings is 1. The van der Waals surface area contributed by atoms with Crippen LogP contribution in [0.4, 0.5) is 5.69 Å². The van der Waals surface area contributed by atoms with Crippen molar-refractivity contribution in [3.8, 4) is 0 Å². The maximum Gasteiger partial charge on any atom is 0.343 e. The molecule has 0 saturated heterocycles. The summed E-state index contributed by atoms with van der Waals surface area (Å²) in [5.41, 5.74) is 5.61. The Hall–Kier alpha value is -1.48. The van der Waals surface area contributed by atoms with Crippen molar-refractivity contribution in [3.63, 3.8) is 0 Å². The van der Waals surface area contributed by atoms with E-state index in [9.17, 15) is 4.79 Å². The molecule has 0 amide bonds. The van der Waals surface area contributed by atoms with Crippen LogP contribution >= 0.6 is 11.6 Å². The lowest BCUT2D eigenvalue weighted by molar-refractivity contribution is 0.519. The monoisotopic (exact) mass is 195 g/mol. The van der Waals surface area contributed by atoms with Crippen molar-refractivity contribution in [1.82, 2.24) is 0 Å². The molecule has 2 N–H and O–H groups in total. The minimum Gasteiger partial charge on any atom is -0.429 e. The van der Waals surface area contributed by atoms with Crippen molar-refractivity contribution in [2.45, 2.75) is 0 Å². The summed E-state index contributed by atoms with van der Waals surface area (Å²) in [4.78, 5) is 11.2. The molecule has 3 nitrogen and oxygen atoms in total. The van der Waals surface area contributed by atoms with E-state index in [1.165, 1.54) is 6.26 Å². The first-order chi connectivity index (χ1) is 6.18. The fraction of sp³-hybridized carbons (Fsp3) is 0. The molecule has 0 aliphatic rings. The molecule has 4 heteroatoms. The fourth-order valence-corrected chi connectivity index (χ4v) is 1.38. The SMILES string of the molecule is Nc1ccc2c(Cl)coc(=O)c2c1. The van der Waals surface area contributed by atoms with Crippen LogP contribution in [0.3, 0.4) is 0 Å². The first kappa shape index (κ1) is 8.13. The molecule has 1 heterocycles. The maximum absolute atomic E-state index is 11.2. The summed E-state index contributed by atoms with van der Waals surface area (Å²) < 4.78 is 4.68. The molecule has 0 spiro atoms. The smallest absolute Gasteiger partial charge is 0.343 e. The Bertz CT molecular complexity index is 518. The van der Waals surface area contributed by atoms with Crippen molar-refractivity contribution in [2.75, 3.05) is 5.73 Å². The average molecular weight is 196 g/mol. The summed E-state index contributed by atoms with van der Waals surface area (Å²) in [7, 11) is 0. The third-order valence-electron chi connectivity index (χ3n) is 1.79. The van der Waals surface area contributed by atoms with E-state index in [1.807, 2.05) is 0 Å². The van der Waals surface area contributed by atoms with Gasteiger partial charge in [-0.25, -0.2) is 4.79 Å². The van der Waals surface area contributed by atoms with E-state index >= 15 is 0 Å². The van der Waals surface area contributed by atoms with E-state index in [-0.39, 0.29) is 0 Å². The number of nitrogen functional groups attached to an aromatic ring is 1. The number of rotatable bonds is 0. The van der Waals surface area contributed by atoms with E-state index in [0.717, 1.165) is 0 Å². The van der Waals surface area contributed by atoms with E-state index in [2.05, 4.69) is 4.42 Å². The van der Waals surface area contributed by atoms with Gasteiger partial charge in [0.25, 0.3) is 0 Å². The summed E-state index contributed by atoms with van der Waals surface area (Å²) in [6, 6.07) is 4.94. The zero-order chi connectivity index (χ0) is 9.42. The lowest BCUT2D eigenvalue weighted by Crippen LogP contribution is -1.99. The Balaban J connectivity index is 3.01. The van der Waals surface area contributed by atoms with Crippen LogP contribution in [0.5, 0.6) is 0 Å². The van der Waals surface area contributed by atoms with Crippen LogP contribution in [-0.2, 0) is 0 Å². The second kappa shape index (κ2) is 2.78. The summed E-state index contributed by atoms with van der Waals surface area (Å²) in [5, 5.41) is 1.48. The van der Waals surface area contributed by atoms with Gasteiger partial charge in [-0.2, -0.15) is 0 Å². The molecule has 2 rings (SSSR count). The van der Waals surface area contributed by atoms with Gasteiger partial charge in [-0.15, -0.1) is 0 Å². The fourth-order valence-electron chi connectivity index (χ4n) is 1.17. The Kier molecular flexibility index (Phi) is 1.74. The van der Waals surface area contributed by atoms with Crippen LogP contribution in [0, 0.1) is 0 Å². The summed E-state index contributed by atoms with van der Waals surface area (Å²) >= 11 is 5.81. The van der Waals surface area contributed by atoms with Crippen LogP contribution in [0.1, 0.15) is 0 Å². The normalized spacial score (nSPS) is 10.5. The molecule has 2 aromatic rings. The van der Waals surface area contributed by atoms with E-state index in [0.29, 0.717) is 21.5 Å². The van der Waals surface area contributed by atoms with Gasteiger partial charge < -0.3 is 10.2 Å². The molecule has 0 atom stereocenters. The Morgan fingerprint density at radius 1 is 1.31 bits per heavy atom. The Morgan fingerprint density at radius 3 is 2.85 bits per heavy atom. The second-order valence-electron chi connectivity index (χ2n) is 2.68. The average Bonchev–Trinajstić information content (AvgIpc) is 2.12. The third-order valence-corrected chi connectivity index (χ3v) is 2.08. The molecule has 0 aliphatic heterocycles. The molecule has 0 unspecified atom stereocenters. The van der Waals surface area contributed by atoms with Crippen LogP contribution in [0.15, 0.2) is 33.7 Å². The Labute approximate surface area is 78.7 Å². The van der Waals surface area contributed by atoms with Crippen molar-refractivity contribution in [2.24, 2.45) is 0 Å². The van der Waals surface area contributed by atoms with Crippen molar-refractivity contribution < 1.29 is 4.42 Å².